The standard InChI is InChI=1S/C23H35NO3/c1-15-12-23-11-7-16-21(3,17(23)6-10-20(15,2)14-23)8-5-9-22(16,4)19(27)24-13-18(25)26/h16-17H,1,5-14H2,2-4H3,(H,24,27)(H,25,26)/t16-,17-,20+,21+,22+,23+/m0/s1. The molecule has 2 bridgehead atoms. The van der Waals surface area contributed by atoms with Crippen LogP contribution < -0.4 is 5.32 Å². The summed E-state index contributed by atoms with van der Waals surface area (Å²) < 4.78 is 0. The molecule has 4 rings (SSSR count). The van der Waals surface area contributed by atoms with Crippen LogP contribution in [0.3, 0.4) is 0 Å². The van der Waals surface area contributed by atoms with E-state index >= 15 is 0 Å². The molecule has 27 heavy (non-hydrogen) atoms. The average molecular weight is 374 g/mol. The molecule has 4 aliphatic carbocycles. The van der Waals surface area contributed by atoms with Crippen LogP contribution in [0.1, 0.15) is 78.6 Å². The molecule has 1 spiro atoms. The fourth-order valence-electron chi connectivity index (χ4n) is 8.30. The van der Waals surface area contributed by atoms with Crippen LogP contribution in [0.4, 0.5) is 0 Å². The van der Waals surface area contributed by atoms with Crippen molar-refractivity contribution in [2.24, 2.45) is 33.5 Å². The van der Waals surface area contributed by atoms with E-state index in [0.29, 0.717) is 22.7 Å². The molecular weight excluding hydrogens is 338 g/mol. The van der Waals surface area contributed by atoms with E-state index in [2.05, 4.69) is 32.7 Å². The highest BCUT2D eigenvalue weighted by molar-refractivity contribution is 5.86. The number of allylic oxidation sites excluding steroid dienone is 1. The summed E-state index contributed by atoms with van der Waals surface area (Å²) in [7, 11) is 0. The second kappa shape index (κ2) is 5.84. The first-order chi connectivity index (χ1) is 12.6. The Morgan fingerprint density at radius 3 is 2.52 bits per heavy atom. The van der Waals surface area contributed by atoms with Crippen molar-refractivity contribution >= 4 is 11.9 Å². The molecule has 0 aromatic rings. The number of carboxylic acid groups (broad SMARTS) is 1. The highest BCUT2D eigenvalue weighted by Crippen LogP contribution is 2.74. The van der Waals surface area contributed by atoms with Gasteiger partial charge in [0.25, 0.3) is 0 Å². The van der Waals surface area contributed by atoms with E-state index in [0.717, 1.165) is 19.3 Å². The predicted octanol–water partition coefficient (Wildman–Crippen LogP) is 4.55. The van der Waals surface area contributed by atoms with Gasteiger partial charge < -0.3 is 10.4 Å². The predicted molar refractivity (Wildman–Crippen MR) is 105 cm³/mol. The van der Waals surface area contributed by atoms with Crippen molar-refractivity contribution in [3.63, 3.8) is 0 Å². The molecule has 4 saturated carbocycles. The number of nitrogens with one attached hydrogen (secondary N) is 1. The molecule has 0 saturated heterocycles. The van der Waals surface area contributed by atoms with Gasteiger partial charge in [-0.15, -0.1) is 0 Å². The lowest BCUT2D eigenvalue weighted by molar-refractivity contribution is -0.170. The molecule has 1 amide bonds. The quantitative estimate of drug-likeness (QED) is 0.714. The first kappa shape index (κ1) is 19.0. The van der Waals surface area contributed by atoms with Gasteiger partial charge in [-0.1, -0.05) is 39.3 Å². The van der Waals surface area contributed by atoms with E-state index in [1.165, 1.54) is 44.1 Å². The number of carbonyl (C=O) groups is 2. The van der Waals surface area contributed by atoms with Gasteiger partial charge in [0.2, 0.25) is 5.91 Å². The largest absolute Gasteiger partial charge is 0.480 e. The van der Waals surface area contributed by atoms with Crippen LogP contribution in [-0.2, 0) is 9.59 Å². The monoisotopic (exact) mass is 373 g/mol. The number of aliphatic carboxylic acids is 1. The summed E-state index contributed by atoms with van der Waals surface area (Å²) in [5, 5.41) is 11.7. The number of hydrogen-bond acceptors (Lipinski definition) is 2. The van der Waals surface area contributed by atoms with E-state index in [1.807, 2.05) is 0 Å². The van der Waals surface area contributed by atoms with Crippen LogP contribution in [0, 0.1) is 33.5 Å². The Hall–Kier alpha value is -1.32. The maximum Gasteiger partial charge on any atom is 0.322 e. The summed E-state index contributed by atoms with van der Waals surface area (Å²) >= 11 is 0. The molecule has 150 valence electrons. The minimum Gasteiger partial charge on any atom is -0.480 e. The second-order valence-corrected chi connectivity index (χ2v) is 10.9. The summed E-state index contributed by atoms with van der Waals surface area (Å²) in [6.45, 7) is 11.2. The Bertz CT molecular complexity index is 702. The molecular formula is C23H35NO3. The first-order valence-electron chi connectivity index (χ1n) is 10.7. The van der Waals surface area contributed by atoms with Gasteiger partial charge in [-0.3, -0.25) is 9.59 Å². The summed E-state index contributed by atoms with van der Waals surface area (Å²) in [6.07, 6.45) is 10.4. The van der Waals surface area contributed by atoms with Crippen LogP contribution in [-0.4, -0.2) is 23.5 Å². The van der Waals surface area contributed by atoms with Gasteiger partial charge >= 0.3 is 5.97 Å². The van der Waals surface area contributed by atoms with Crippen molar-refractivity contribution in [2.75, 3.05) is 6.54 Å². The van der Waals surface area contributed by atoms with Crippen LogP contribution in [0.2, 0.25) is 0 Å². The van der Waals surface area contributed by atoms with Crippen LogP contribution in [0.15, 0.2) is 12.2 Å². The number of rotatable bonds is 3. The molecule has 0 heterocycles. The normalized spacial score (nSPS) is 48.5. The first-order valence-corrected chi connectivity index (χ1v) is 10.7. The average Bonchev–Trinajstić information content (AvgIpc) is 2.76. The smallest absolute Gasteiger partial charge is 0.322 e. The number of amides is 1. The van der Waals surface area contributed by atoms with Crippen molar-refractivity contribution in [3.05, 3.63) is 12.2 Å². The van der Waals surface area contributed by atoms with Crippen molar-refractivity contribution in [1.82, 2.24) is 5.32 Å². The molecule has 4 fully saturated rings. The maximum atomic E-state index is 13.1. The SMILES string of the molecule is C=C1C[C@@]23CC[C@H]4[C@@](C)(CCC[C@@]4(C)C(=O)NCC(=O)O)[C@@H]2CC[C@]1(C)C3. The van der Waals surface area contributed by atoms with Gasteiger partial charge in [0.1, 0.15) is 6.54 Å². The lowest BCUT2D eigenvalue weighted by Gasteiger charge is -2.64. The molecule has 2 N–H and O–H groups in total. The summed E-state index contributed by atoms with van der Waals surface area (Å²) in [4.78, 5) is 24.0. The number of carbonyl (C=O) groups excluding carboxylic acids is 1. The number of fused-ring (bicyclic) bond motifs is 3. The van der Waals surface area contributed by atoms with E-state index in [1.54, 1.807) is 0 Å². The van der Waals surface area contributed by atoms with Gasteiger partial charge in [0.05, 0.1) is 0 Å². The van der Waals surface area contributed by atoms with Crippen LogP contribution in [0.5, 0.6) is 0 Å². The van der Waals surface area contributed by atoms with Gasteiger partial charge in [-0.25, -0.2) is 0 Å². The van der Waals surface area contributed by atoms with E-state index < -0.39 is 11.4 Å². The Kier molecular flexibility index (Phi) is 4.11. The Balaban J connectivity index is 1.65. The molecule has 0 aromatic carbocycles. The van der Waals surface area contributed by atoms with Gasteiger partial charge in [0.15, 0.2) is 0 Å². The Labute approximate surface area is 163 Å². The molecule has 0 radical (unpaired) electrons. The zero-order valence-electron chi connectivity index (χ0n) is 17.2. The lowest BCUT2D eigenvalue weighted by Crippen LogP contribution is -2.60. The number of hydrogen-bond donors (Lipinski definition) is 2. The molecule has 4 nitrogen and oxygen atoms in total. The molecule has 4 heteroatoms. The third kappa shape index (κ3) is 2.54. The van der Waals surface area contributed by atoms with E-state index in [4.69, 9.17) is 5.11 Å². The fraction of sp³-hybridized carbons (Fsp3) is 0.826. The minimum atomic E-state index is -0.968. The minimum absolute atomic E-state index is 0.0479. The zero-order valence-corrected chi connectivity index (χ0v) is 17.2. The third-order valence-corrected chi connectivity index (χ3v) is 9.51. The maximum absolute atomic E-state index is 13.1. The van der Waals surface area contributed by atoms with Crippen molar-refractivity contribution in [2.45, 2.75) is 78.6 Å². The number of carboxylic acids is 1. The lowest BCUT2D eigenvalue weighted by atomic mass is 9.40. The van der Waals surface area contributed by atoms with Crippen molar-refractivity contribution in [1.29, 1.82) is 0 Å². The topological polar surface area (TPSA) is 66.4 Å². The van der Waals surface area contributed by atoms with Crippen LogP contribution in [0.25, 0.3) is 0 Å². The molecule has 0 aliphatic heterocycles. The summed E-state index contributed by atoms with van der Waals surface area (Å²) in [5.74, 6) is 0.00164. The highest BCUT2D eigenvalue weighted by atomic mass is 16.4. The molecule has 0 unspecified atom stereocenters. The van der Waals surface area contributed by atoms with Crippen molar-refractivity contribution < 1.29 is 14.7 Å². The summed E-state index contributed by atoms with van der Waals surface area (Å²) in [5.41, 5.74) is 1.92. The van der Waals surface area contributed by atoms with Crippen molar-refractivity contribution in [3.8, 4) is 0 Å². The fourth-order valence-corrected chi connectivity index (χ4v) is 8.30. The Morgan fingerprint density at radius 2 is 1.81 bits per heavy atom. The van der Waals surface area contributed by atoms with Crippen LogP contribution >= 0.6 is 0 Å². The third-order valence-electron chi connectivity index (χ3n) is 9.51. The molecule has 0 aromatic heterocycles. The molecule has 4 aliphatic rings. The van der Waals surface area contributed by atoms with E-state index in [9.17, 15) is 9.59 Å². The zero-order chi connectivity index (χ0) is 19.7. The summed E-state index contributed by atoms with van der Waals surface area (Å²) in [6, 6.07) is 0. The Morgan fingerprint density at radius 1 is 1.11 bits per heavy atom. The van der Waals surface area contributed by atoms with Gasteiger partial charge in [0, 0.05) is 5.41 Å². The van der Waals surface area contributed by atoms with E-state index in [-0.39, 0.29) is 17.9 Å². The second-order valence-electron chi connectivity index (χ2n) is 10.9. The van der Waals surface area contributed by atoms with Gasteiger partial charge in [-0.05, 0) is 79.4 Å². The van der Waals surface area contributed by atoms with Gasteiger partial charge in [-0.2, -0.15) is 0 Å². The molecule has 6 atom stereocenters. The highest BCUT2D eigenvalue weighted by Gasteiger charge is 2.66.